The lowest BCUT2D eigenvalue weighted by Crippen LogP contribution is -1.96. The highest BCUT2D eigenvalue weighted by molar-refractivity contribution is 9.10. The molecule has 0 saturated heterocycles. The highest BCUT2D eigenvalue weighted by atomic mass is 79.9. The van der Waals surface area contributed by atoms with Crippen molar-refractivity contribution < 1.29 is 4.39 Å². The molecule has 1 heterocycles. The fourth-order valence-corrected chi connectivity index (χ4v) is 2.09. The zero-order valence-corrected chi connectivity index (χ0v) is 10.5. The summed E-state index contributed by atoms with van der Waals surface area (Å²) in [7, 11) is 0. The number of aromatic nitrogens is 2. The molecule has 16 heavy (non-hydrogen) atoms. The minimum atomic E-state index is -0.229. The van der Waals surface area contributed by atoms with Crippen LogP contribution in [0.1, 0.15) is 13.3 Å². The standard InChI is InChI=1S/C12H12BrFN2/c1-2-7-16-8-11(13)12(15-16)9-3-5-10(14)6-4-9/h3-6,8H,2,7H2,1H3. The zero-order valence-electron chi connectivity index (χ0n) is 8.95. The van der Waals surface area contributed by atoms with Gasteiger partial charge < -0.3 is 0 Å². The van der Waals surface area contributed by atoms with Crippen molar-refractivity contribution in [2.45, 2.75) is 19.9 Å². The van der Waals surface area contributed by atoms with Crippen LogP contribution in [0.4, 0.5) is 4.39 Å². The third kappa shape index (κ3) is 2.32. The molecule has 0 N–H and O–H groups in total. The van der Waals surface area contributed by atoms with Crippen LogP contribution in [0.15, 0.2) is 34.9 Å². The van der Waals surface area contributed by atoms with Crippen LogP contribution >= 0.6 is 15.9 Å². The van der Waals surface area contributed by atoms with Crippen molar-refractivity contribution in [3.05, 3.63) is 40.8 Å². The van der Waals surface area contributed by atoms with Crippen LogP contribution < -0.4 is 0 Å². The monoisotopic (exact) mass is 282 g/mol. The predicted molar refractivity (Wildman–Crippen MR) is 65.6 cm³/mol. The van der Waals surface area contributed by atoms with Gasteiger partial charge in [-0.15, -0.1) is 0 Å². The van der Waals surface area contributed by atoms with Gasteiger partial charge in [0.2, 0.25) is 0 Å². The number of halogens is 2. The third-order valence-corrected chi connectivity index (χ3v) is 2.87. The van der Waals surface area contributed by atoms with Crippen LogP contribution in [0.3, 0.4) is 0 Å². The first-order valence-electron chi connectivity index (χ1n) is 5.19. The van der Waals surface area contributed by atoms with E-state index in [0.717, 1.165) is 28.7 Å². The Hall–Kier alpha value is -1.16. The smallest absolute Gasteiger partial charge is 0.123 e. The van der Waals surface area contributed by atoms with Gasteiger partial charge in [-0.3, -0.25) is 4.68 Å². The quantitative estimate of drug-likeness (QED) is 0.836. The van der Waals surface area contributed by atoms with Crippen molar-refractivity contribution in [1.82, 2.24) is 9.78 Å². The molecular formula is C12H12BrFN2. The lowest BCUT2D eigenvalue weighted by atomic mass is 10.1. The number of hydrogen-bond acceptors (Lipinski definition) is 1. The fraction of sp³-hybridized carbons (Fsp3) is 0.250. The van der Waals surface area contributed by atoms with Crippen molar-refractivity contribution in [1.29, 1.82) is 0 Å². The Morgan fingerprint density at radius 3 is 2.62 bits per heavy atom. The largest absolute Gasteiger partial charge is 0.271 e. The van der Waals surface area contributed by atoms with Crippen molar-refractivity contribution in [3.8, 4) is 11.3 Å². The van der Waals surface area contributed by atoms with Crippen LogP contribution in [-0.2, 0) is 6.54 Å². The first-order chi connectivity index (χ1) is 7.70. The van der Waals surface area contributed by atoms with E-state index in [9.17, 15) is 4.39 Å². The minimum absolute atomic E-state index is 0.229. The maximum absolute atomic E-state index is 12.8. The number of rotatable bonds is 3. The molecule has 2 nitrogen and oxygen atoms in total. The summed E-state index contributed by atoms with van der Waals surface area (Å²) in [6.45, 7) is 2.99. The van der Waals surface area contributed by atoms with Crippen molar-refractivity contribution in [3.63, 3.8) is 0 Å². The van der Waals surface area contributed by atoms with Gasteiger partial charge in [-0.25, -0.2) is 4.39 Å². The van der Waals surface area contributed by atoms with Crippen molar-refractivity contribution in [2.24, 2.45) is 0 Å². The first-order valence-corrected chi connectivity index (χ1v) is 5.99. The van der Waals surface area contributed by atoms with Crippen molar-refractivity contribution >= 4 is 15.9 Å². The number of nitrogens with zero attached hydrogens (tertiary/aromatic N) is 2. The molecule has 2 aromatic rings. The summed E-state index contributed by atoms with van der Waals surface area (Å²) in [5, 5.41) is 4.45. The Morgan fingerprint density at radius 1 is 1.31 bits per heavy atom. The topological polar surface area (TPSA) is 17.8 Å². The summed E-state index contributed by atoms with van der Waals surface area (Å²) in [6.07, 6.45) is 2.99. The molecule has 0 bridgehead atoms. The molecule has 0 unspecified atom stereocenters. The Labute approximate surface area is 102 Å². The number of benzene rings is 1. The van der Waals surface area contributed by atoms with E-state index in [1.54, 1.807) is 12.1 Å². The maximum atomic E-state index is 12.8. The summed E-state index contributed by atoms with van der Waals surface area (Å²) >= 11 is 3.47. The summed E-state index contributed by atoms with van der Waals surface area (Å²) in [4.78, 5) is 0. The highest BCUT2D eigenvalue weighted by Gasteiger charge is 2.08. The minimum Gasteiger partial charge on any atom is -0.271 e. The van der Waals surface area contributed by atoms with Gasteiger partial charge in [0.15, 0.2) is 0 Å². The van der Waals surface area contributed by atoms with Crippen LogP contribution in [0.5, 0.6) is 0 Å². The molecule has 4 heteroatoms. The Bertz CT molecular complexity index is 476. The third-order valence-electron chi connectivity index (χ3n) is 2.29. The van der Waals surface area contributed by atoms with E-state index in [1.807, 2.05) is 10.9 Å². The van der Waals surface area contributed by atoms with Crippen LogP contribution in [0.2, 0.25) is 0 Å². The van der Waals surface area contributed by atoms with Crippen molar-refractivity contribution in [2.75, 3.05) is 0 Å². The fourth-order valence-electron chi connectivity index (χ4n) is 1.54. The second-order valence-corrected chi connectivity index (χ2v) is 4.45. The number of aryl methyl sites for hydroxylation is 1. The summed E-state index contributed by atoms with van der Waals surface area (Å²) in [5.41, 5.74) is 1.77. The van der Waals surface area contributed by atoms with E-state index in [4.69, 9.17) is 0 Å². The molecule has 2 rings (SSSR count). The van der Waals surface area contributed by atoms with E-state index in [2.05, 4.69) is 28.0 Å². The van der Waals surface area contributed by atoms with Gasteiger partial charge in [0.25, 0.3) is 0 Å². The molecule has 84 valence electrons. The molecule has 0 radical (unpaired) electrons. The second-order valence-electron chi connectivity index (χ2n) is 3.60. The van der Waals surface area contributed by atoms with Gasteiger partial charge in [-0.2, -0.15) is 5.10 Å². The highest BCUT2D eigenvalue weighted by Crippen LogP contribution is 2.26. The van der Waals surface area contributed by atoms with Crippen LogP contribution in [-0.4, -0.2) is 9.78 Å². The van der Waals surface area contributed by atoms with E-state index in [1.165, 1.54) is 12.1 Å². The second kappa shape index (κ2) is 4.78. The Kier molecular flexibility index (Phi) is 3.39. The number of hydrogen-bond donors (Lipinski definition) is 0. The average molecular weight is 283 g/mol. The molecule has 0 aliphatic heterocycles. The summed E-state index contributed by atoms with van der Waals surface area (Å²) in [5.74, 6) is -0.229. The molecule has 0 atom stereocenters. The van der Waals surface area contributed by atoms with Gasteiger partial charge in [0.05, 0.1) is 4.47 Å². The molecule has 0 aliphatic carbocycles. The van der Waals surface area contributed by atoms with E-state index >= 15 is 0 Å². The van der Waals surface area contributed by atoms with Gasteiger partial charge in [-0.1, -0.05) is 6.92 Å². The molecule has 1 aromatic carbocycles. The molecule has 0 amide bonds. The molecule has 0 aliphatic rings. The SMILES string of the molecule is CCCn1cc(Br)c(-c2ccc(F)cc2)n1. The molecule has 0 fully saturated rings. The molecule has 1 aromatic heterocycles. The van der Waals surface area contributed by atoms with E-state index < -0.39 is 0 Å². The van der Waals surface area contributed by atoms with Crippen LogP contribution in [0.25, 0.3) is 11.3 Å². The van der Waals surface area contributed by atoms with Gasteiger partial charge >= 0.3 is 0 Å². The Balaban J connectivity index is 2.36. The van der Waals surface area contributed by atoms with E-state index in [-0.39, 0.29) is 5.82 Å². The zero-order chi connectivity index (χ0) is 11.5. The maximum Gasteiger partial charge on any atom is 0.123 e. The van der Waals surface area contributed by atoms with E-state index in [0.29, 0.717) is 0 Å². The van der Waals surface area contributed by atoms with Crippen LogP contribution in [0, 0.1) is 5.82 Å². The predicted octanol–water partition coefficient (Wildman–Crippen LogP) is 3.86. The Morgan fingerprint density at radius 2 is 2.00 bits per heavy atom. The molecular weight excluding hydrogens is 271 g/mol. The lowest BCUT2D eigenvalue weighted by Gasteiger charge is -1.98. The molecule has 0 spiro atoms. The normalized spacial score (nSPS) is 10.7. The summed E-state index contributed by atoms with van der Waals surface area (Å²) in [6, 6.07) is 6.36. The summed E-state index contributed by atoms with van der Waals surface area (Å²) < 4.78 is 15.6. The average Bonchev–Trinajstić information content (AvgIpc) is 2.61. The van der Waals surface area contributed by atoms with Gasteiger partial charge in [0, 0.05) is 18.3 Å². The van der Waals surface area contributed by atoms with Gasteiger partial charge in [-0.05, 0) is 46.6 Å². The molecule has 0 saturated carbocycles. The van der Waals surface area contributed by atoms with Gasteiger partial charge in [0.1, 0.15) is 11.5 Å². The lowest BCUT2D eigenvalue weighted by molar-refractivity contribution is 0.604. The first kappa shape index (κ1) is 11.3.